The van der Waals surface area contributed by atoms with Crippen molar-refractivity contribution in [3.63, 3.8) is 0 Å². The molecule has 1 heterocycles. The molecule has 1 saturated heterocycles. The van der Waals surface area contributed by atoms with E-state index in [1.807, 2.05) is 0 Å². The zero-order chi connectivity index (χ0) is 11.8. The molecular formula is C11H13F3N2. The Labute approximate surface area is 91.8 Å². The molecule has 0 aromatic heterocycles. The van der Waals surface area contributed by atoms with Gasteiger partial charge in [0.2, 0.25) is 0 Å². The summed E-state index contributed by atoms with van der Waals surface area (Å²) < 4.78 is 38.3. The van der Waals surface area contributed by atoms with Gasteiger partial charge in [0, 0.05) is 13.1 Å². The van der Waals surface area contributed by atoms with Crippen LogP contribution in [0.4, 0.5) is 13.2 Å². The van der Waals surface area contributed by atoms with Crippen molar-refractivity contribution in [2.45, 2.75) is 18.5 Å². The molecule has 1 aromatic carbocycles. The minimum absolute atomic E-state index is 0.108. The molecule has 0 spiro atoms. The third-order valence-electron chi connectivity index (χ3n) is 2.93. The standard InChI is InChI=1S/C11H13F3N2/c12-11(13,14)10-4-2-1-3-9(10)8-5-6-16(15)7-8/h1-4,8H,5-7,15H2. The molecule has 0 amide bonds. The molecule has 0 aliphatic carbocycles. The van der Waals surface area contributed by atoms with E-state index in [4.69, 9.17) is 5.84 Å². The second-order valence-corrected chi connectivity index (χ2v) is 4.07. The summed E-state index contributed by atoms with van der Waals surface area (Å²) in [5.74, 6) is 5.47. The van der Waals surface area contributed by atoms with Gasteiger partial charge in [0.15, 0.2) is 0 Å². The second kappa shape index (κ2) is 4.07. The highest BCUT2D eigenvalue weighted by Crippen LogP contribution is 2.37. The minimum atomic E-state index is -4.28. The van der Waals surface area contributed by atoms with Crippen LogP contribution in [0.3, 0.4) is 0 Å². The van der Waals surface area contributed by atoms with Gasteiger partial charge >= 0.3 is 6.18 Å². The summed E-state index contributed by atoms with van der Waals surface area (Å²) in [6, 6.07) is 5.74. The van der Waals surface area contributed by atoms with Gasteiger partial charge in [-0.2, -0.15) is 13.2 Å². The van der Waals surface area contributed by atoms with E-state index in [1.165, 1.54) is 6.07 Å². The minimum Gasteiger partial charge on any atom is -0.269 e. The maximum absolute atomic E-state index is 12.8. The molecule has 1 aliphatic heterocycles. The van der Waals surface area contributed by atoms with Crippen LogP contribution < -0.4 is 5.84 Å². The van der Waals surface area contributed by atoms with Gasteiger partial charge in [-0.05, 0) is 24.0 Å². The lowest BCUT2D eigenvalue weighted by molar-refractivity contribution is -0.138. The van der Waals surface area contributed by atoms with Gasteiger partial charge in [-0.3, -0.25) is 5.84 Å². The molecule has 1 aromatic rings. The highest BCUT2D eigenvalue weighted by atomic mass is 19.4. The van der Waals surface area contributed by atoms with Crippen LogP contribution in [-0.4, -0.2) is 18.1 Å². The maximum atomic E-state index is 12.8. The van der Waals surface area contributed by atoms with Crippen LogP contribution in [0.2, 0.25) is 0 Å². The number of benzene rings is 1. The lowest BCUT2D eigenvalue weighted by Crippen LogP contribution is -2.27. The van der Waals surface area contributed by atoms with Crippen LogP contribution in [0.25, 0.3) is 0 Å². The molecule has 0 bridgehead atoms. The number of hydrogen-bond donors (Lipinski definition) is 1. The first-order chi connectivity index (χ1) is 7.48. The summed E-state index contributed by atoms with van der Waals surface area (Å²) >= 11 is 0. The van der Waals surface area contributed by atoms with E-state index in [-0.39, 0.29) is 5.92 Å². The lowest BCUT2D eigenvalue weighted by Gasteiger charge is -2.17. The third kappa shape index (κ3) is 2.20. The Kier molecular flexibility index (Phi) is 2.90. The van der Waals surface area contributed by atoms with E-state index in [2.05, 4.69) is 0 Å². The first-order valence-electron chi connectivity index (χ1n) is 5.14. The van der Waals surface area contributed by atoms with Crippen molar-refractivity contribution in [2.24, 2.45) is 5.84 Å². The predicted octanol–water partition coefficient (Wildman–Crippen LogP) is 2.37. The Morgan fingerprint density at radius 2 is 1.94 bits per heavy atom. The van der Waals surface area contributed by atoms with Gasteiger partial charge < -0.3 is 0 Å². The van der Waals surface area contributed by atoms with Crippen molar-refractivity contribution in [3.05, 3.63) is 35.4 Å². The van der Waals surface area contributed by atoms with Crippen molar-refractivity contribution in [2.75, 3.05) is 13.1 Å². The number of alkyl halides is 3. The zero-order valence-corrected chi connectivity index (χ0v) is 8.67. The Morgan fingerprint density at radius 3 is 2.50 bits per heavy atom. The highest BCUT2D eigenvalue weighted by Gasteiger charge is 2.36. The number of rotatable bonds is 1. The predicted molar refractivity (Wildman–Crippen MR) is 54.6 cm³/mol. The van der Waals surface area contributed by atoms with Gasteiger partial charge in [0.05, 0.1) is 5.56 Å². The molecule has 2 N–H and O–H groups in total. The van der Waals surface area contributed by atoms with Crippen molar-refractivity contribution < 1.29 is 13.2 Å². The second-order valence-electron chi connectivity index (χ2n) is 4.07. The van der Waals surface area contributed by atoms with Crippen LogP contribution >= 0.6 is 0 Å². The van der Waals surface area contributed by atoms with Gasteiger partial charge in [-0.25, -0.2) is 5.01 Å². The van der Waals surface area contributed by atoms with E-state index in [0.29, 0.717) is 25.1 Å². The van der Waals surface area contributed by atoms with Crippen LogP contribution in [0.15, 0.2) is 24.3 Å². The largest absolute Gasteiger partial charge is 0.416 e. The Bertz CT molecular complexity index is 376. The number of nitrogens with zero attached hydrogens (tertiary/aromatic N) is 1. The molecule has 2 rings (SSSR count). The smallest absolute Gasteiger partial charge is 0.269 e. The fourth-order valence-electron chi connectivity index (χ4n) is 2.15. The van der Waals surface area contributed by atoms with Crippen molar-refractivity contribution in [1.82, 2.24) is 5.01 Å². The summed E-state index contributed by atoms with van der Waals surface area (Å²) in [5.41, 5.74) is -0.168. The number of halogens is 3. The Morgan fingerprint density at radius 1 is 1.25 bits per heavy atom. The van der Waals surface area contributed by atoms with E-state index < -0.39 is 11.7 Å². The quantitative estimate of drug-likeness (QED) is 0.750. The molecular weight excluding hydrogens is 217 g/mol. The number of hydrogen-bond acceptors (Lipinski definition) is 2. The summed E-state index contributed by atoms with van der Waals surface area (Å²) in [5, 5.41) is 1.57. The molecule has 88 valence electrons. The fraction of sp³-hybridized carbons (Fsp3) is 0.455. The first kappa shape index (κ1) is 11.4. The van der Waals surface area contributed by atoms with Gasteiger partial charge in [-0.1, -0.05) is 18.2 Å². The van der Waals surface area contributed by atoms with Crippen LogP contribution in [-0.2, 0) is 6.18 Å². The molecule has 1 aliphatic rings. The average molecular weight is 230 g/mol. The number of hydrazine groups is 1. The van der Waals surface area contributed by atoms with Crippen molar-refractivity contribution in [1.29, 1.82) is 0 Å². The third-order valence-corrected chi connectivity index (χ3v) is 2.93. The average Bonchev–Trinajstić information content (AvgIpc) is 2.64. The Balaban J connectivity index is 2.34. The lowest BCUT2D eigenvalue weighted by atomic mass is 9.93. The van der Waals surface area contributed by atoms with Gasteiger partial charge in [0.1, 0.15) is 0 Å². The molecule has 1 fully saturated rings. The summed E-state index contributed by atoms with van der Waals surface area (Å²) in [4.78, 5) is 0. The van der Waals surface area contributed by atoms with E-state index in [9.17, 15) is 13.2 Å². The monoisotopic (exact) mass is 230 g/mol. The van der Waals surface area contributed by atoms with Gasteiger partial charge in [0.25, 0.3) is 0 Å². The topological polar surface area (TPSA) is 29.3 Å². The summed E-state index contributed by atoms with van der Waals surface area (Å²) in [6.07, 6.45) is -3.60. The first-order valence-corrected chi connectivity index (χ1v) is 5.14. The molecule has 16 heavy (non-hydrogen) atoms. The summed E-state index contributed by atoms with van der Waals surface area (Å²) in [7, 11) is 0. The van der Waals surface area contributed by atoms with Crippen molar-refractivity contribution >= 4 is 0 Å². The normalized spacial score (nSPS) is 22.6. The van der Waals surface area contributed by atoms with E-state index in [0.717, 1.165) is 6.07 Å². The Hall–Kier alpha value is -1.07. The molecule has 5 heteroatoms. The maximum Gasteiger partial charge on any atom is 0.416 e. The fourth-order valence-corrected chi connectivity index (χ4v) is 2.15. The summed E-state index contributed by atoms with van der Waals surface area (Å²) in [6.45, 7) is 1.14. The van der Waals surface area contributed by atoms with Crippen molar-refractivity contribution in [3.8, 4) is 0 Å². The molecule has 0 radical (unpaired) electrons. The molecule has 2 nitrogen and oxygen atoms in total. The molecule has 1 atom stereocenters. The van der Waals surface area contributed by atoms with Crippen LogP contribution in [0.5, 0.6) is 0 Å². The van der Waals surface area contributed by atoms with Gasteiger partial charge in [-0.15, -0.1) is 0 Å². The van der Waals surface area contributed by atoms with E-state index >= 15 is 0 Å². The van der Waals surface area contributed by atoms with Crippen LogP contribution in [0.1, 0.15) is 23.5 Å². The van der Waals surface area contributed by atoms with Crippen LogP contribution in [0, 0.1) is 0 Å². The number of nitrogens with two attached hydrogens (primary N) is 1. The molecule has 0 saturated carbocycles. The molecule has 1 unspecified atom stereocenters. The zero-order valence-electron chi connectivity index (χ0n) is 8.67. The highest BCUT2D eigenvalue weighted by molar-refractivity contribution is 5.33. The van der Waals surface area contributed by atoms with E-state index in [1.54, 1.807) is 17.1 Å². The SMILES string of the molecule is NN1CCC(c2ccccc2C(F)(F)F)C1.